The fourth-order valence-corrected chi connectivity index (χ4v) is 2.81. The van der Waals surface area contributed by atoms with Gasteiger partial charge in [0.2, 0.25) is 5.76 Å². The highest BCUT2D eigenvalue weighted by Crippen LogP contribution is 2.21. The zero-order valence-electron chi connectivity index (χ0n) is 16.1. The van der Waals surface area contributed by atoms with Crippen molar-refractivity contribution in [2.75, 3.05) is 0 Å². The number of furan rings is 1. The van der Waals surface area contributed by atoms with Gasteiger partial charge in [0.15, 0.2) is 5.76 Å². The highest BCUT2D eigenvalue weighted by Gasteiger charge is 2.24. The SMILES string of the molecule is CC(C)C[C@H](NC(=O)c1ccc(Cl)cc1)C(=O)OCc1cc(-c2ccco2)on1. The summed E-state index contributed by atoms with van der Waals surface area (Å²) in [6.07, 6.45) is 1.96. The van der Waals surface area contributed by atoms with Crippen molar-refractivity contribution >= 4 is 23.5 Å². The molecule has 1 atom stereocenters. The van der Waals surface area contributed by atoms with E-state index in [4.69, 9.17) is 25.3 Å². The Morgan fingerprint density at radius 1 is 1.17 bits per heavy atom. The van der Waals surface area contributed by atoms with Gasteiger partial charge in [-0.05, 0) is 48.7 Å². The van der Waals surface area contributed by atoms with Crippen LogP contribution in [0, 0.1) is 5.92 Å². The highest BCUT2D eigenvalue weighted by atomic mass is 35.5. The molecule has 152 valence electrons. The molecule has 0 saturated heterocycles. The number of aromatic nitrogens is 1. The summed E-state index contributed by atoms with van der Waals surface area (Å²) in [5.74, 6) is 0.240. The molecule has 0 spiro atoms. The molecule has 1 aromatic carbocycles. The van der Waals surface area contributed by atoms with Crippen LogP contribution in [0.15, 0.2) is 57.7 Å². The van der Waals surface area contributed by atoms with Crippen molar-refractivity contribution in [2.24, 2.45) is 5.92 Å². The van der Waals surface area contributed by atoms with Crippen molar-refractivity contribution in [3.63, 3.8) is 0 Å². The largest absolute Gasteiger partial charge is 0.461 e. The molecule has 7 nitrogen and oxygen atoms in total. The summed E-state index contributed by atoms with van der Waals surface area (Å²) in [4.78, 5) is 25.0. The van der Waals surface area contributed by atoms with E-state index in [9.17, 15) is 9.59 Å². The maximum Gasteiger partial charge on any atom is 0.329 e. The zero-order valence-corrected chi connectivity index (χ0v) is 16.8. The number of ether oxygens (including phenoxy) is 1. The average Bonchev–Trinajstić information content (AvgIpc) is 3.37. The number of esters is 1. The third-order valence-corrected chi connectivity index (χ3v) is 4.34. The Bertz CT molecular complexity index is 948. The molecule has 0 aliphatic heterocycles. The number of carbonyl (C=O) groups is 2. The lowest BCUT2D eigenvalue weighted by atomic mass is 10.0. The van der Waals surface area contributed by atoms with Gasteiger partial charge in [0.05, 0.1) is 6.26 Å². The second kappa shape index (κ2) is 9.43. The summed E-state index contributed by atoms with van der Waals surface area (Å²) in [6.45, 7) is 3.85. The molecular formula is C21H21ClN2O5. The molecule has 1 N–H and O–H groups in total. The molecule has 0 fully saturated rings. The highest BCUT2D eigenvalue weighted by molar-refractivity contribution is 6.30. The van der Waals surface area contributed by atoms with Gasteiger partial charge in [0.25, 0.3) is 5.91 Å². The molecule has 3 aromatic rings. The fraction of sp³-hybridized carbons (Fsp3) is 0.286. The molecule has 0 aliphatic rings. The van der Waals surface area contributed by atoms with Crippen molar-refractivity contribution in [1.82, 2.24) is 10.5 Å². The van der Waals surface area contributed by atoms with Crippen molar-refractivity contribution in [1.29, 1.82) is 0 Å². The fourth-order valence-electron chi connectivity index (χ4n) is 2.69. The van der Waals surface area contributed by atoms with Crippen LogP contribution >= 0.6 is 11.6 Å². The standard InChI is InChI=1S/C21H21ClN2O5/c1-13(2)10-17(23-20(25)14-5-7-15(22)8-6-14)21(26)28-12-16-11-19(29-24-16)18-4-3-9-27-18/h3-9,11,13,17H,10,12H2,1-2H3,(H,23,25)/t17-/m0/s1. The van der Waals surface area contributed by atoms with E-state index in [1.54, 1.807) is 42.5 Å². The van der Waals surface area contributed by atoms with Crippen molar-refractivity contribution in [3.8, 4) is 11.5 Å². The minimum Gasteiger partial charge on any atom is -0.461 e. The van der Waals surface area contributed by atoms with Gasteiger partial charge in [-0.15, -0.1) is 0 Å². The third kappa shape index (κ3) is 5.71. The van der Waals surface area contributed by atoms with Crippen molar-refractivity contribution < 1.29 is 23.3 Å². The van der Waals surface area contributed by atoms with E-state index in [0.29, 0.717) is 34.2 Å². The van der Waals surface area contributed by atoms with Crippen LogP contribution in [0.3, 0.4) is 0 Å². The average molecular weight is 417 g/mol. The van der Waals surface area contributed by atoms with Gasteiger partial charge in [-0.25, -0.2) is 4.79 Å². The molecular weight excluding hydrogens is 396 g/mol. The van der Waals surface area contributed by atoms with E-state index < -0.39 is 12.0 Å². The van der Waals surface area contributed by atoms with Crippen LogP contribution in [0.4, 0.5) is 0 Å². The van der Waals surface area contributed by atoms with Crippen LogP contribution in [0.25, 0.3) is 11.5 Å². The first-order valence-corrected chi connectivity index (χ1v) is 9.52. The maximum atomic E-state index is 12.6. The number of nitrogens with zero attached hydrogens (tertiary/aromatic N) is 1. The lowest BCUT2D eigenvalue weighted by Crippen LogP contribution is -2.42. The molecule has 2 aromatic heterocycles. The lowest BCUT2D eigenvalue weighted by Gasteiger charge is -2.19. The molecule has 1 amide bonds. The Morgan fingerprint density at radius 2 is 1.93 bits per heavy atom. The Kier molecular flexibility index (Phi) is 6.72. The predicted molar refractivity (Wildman–Crippen MR) is 106 cm³/mol. The molecule has 3 rings (SSSR count). The monoisotopic (exact) mass is 416 g/mol. The van der Waals surface area contributed by atoms with E-state index in [1.165, 1.54) is 6.26 Å². The molecule has 2 heterocycles. The van der Waals surface area contributed by atoms with E-state index in [1.807, 2.05) is 13.8 Å². The molecule has 0 bridgehead atoms. The van der Waals surface area contributed by atoms with Crippen LogP contribution in [-0.4, -0.2) is 23.1 Å². The predicted octanol–water partition coefficient (Wildman–Crippen LogP) is 4.48. The Labute approximate surface area is 173 Å². The minimum absolute atomic E-state index is 0.0749. The van der Waals surface area contributed by atoms with Gasteiger partial charge in [-0.3, -0.25) is 4.79 Å². The van der Waals surface area contributed by atoms with E-state index >= 15 is 0 Å². The number of hydrogen-bond donors (Lipinski definition) is 1. The first-order valence-electron chi connectivity index (χ1n) is 9.15. The Morgan fingerprint density at radius 3 is 2.59 bits per heavy atom. The van der Waals surface area contributed by atoms with Crippen LogP contribution < -0.4 is 5.32 Å². The van der Waals surface area contributed by atoms with Crippen molar-refractivity contribution in [3.05, 3.63) is 65.0 Å². The van der Waals surface area contributed by atoms with Crippen LogP contribution in [0.5, 0.6) is 0 Å². The molecule has 0 saturated carbocycles. The topological polar surface area (TPSA) is 94.6 Å². The van der Waals surface area contributed by atoms with Gasteiger partial charge in [0, 0.05) is 16.7 Å². The zero-order chi connectivity index (χ0) is 20.8. The number of nitrogens with one attached hydrogen (secondary N) is 1. The molecule has 8 heteroatoms. The van der Waals surface area contributed by atoms with Crippen molar-refractivity contribution in [2.45, 2.75) is 32.9 Å². The van der Waals surface area contributed by atoms with E-state index in [0.717, 1.165) is 0 Å². The molecule has 0 unspecified atom stereocenters. The summed E-state index contributed by atoms with van der Waals surface area (Å²) in [5, 5.41) is 7.13. The third-order valence-electron chi connectivity index (χ3n) is 4.09. The lowest BCUT2D eigenvalue weighted by molar-refractivity contribution is -0.147. The van der Waals surface area contributed by atoms with E-state index in [2.05, 4.69) is 10.5 Å². The minimum atomic E-state index is -0.783. The van der Waals surface area contributed by atoms with Crippen LogP contribution in [-0.2, 0) is 16.1 Å². The molecule has 0 aliphatic carbocycles. The van der Waals surface area contributed by atoms with Gasteiger partial charge < -0.3 is 19.0 Å². The summed E-state index contributed by atoms with van der Waals surface area (Å²) in [6, 6.07) is 10.8. The van der Waals surface area contributed by atoms with Gasteiger partial charge in [-0.1, -0.05) is 30.6 Å². The van der Waals surface area contributed by atoms with Crippen LogP contribution in [0.1, 0.15) is 36.3 Å². The first-order chi connectivity index (χ1) is 13.9. The number of benzene rings is 1. The van der Waals surface area contributed by atoms with E-state index in [-0.39, 0.29) is 18.4 Å². The number of carbonyl (C=O) groups excluding carboxylic acids is 2. The second-order valence-corrected chi connectivity index (χ2v) is 7.37. The van der Waals surface area contributed by atoms with Gasteiger partial charge in [0.1, 0.15) is 18.3 Å². The Balaban J connectivity index is 1.61. The second-order valence-electron chi connectivity index (χ2n) is 6.93. The maximum absolute atomic E-state index is 12.6. The summed E-state index contributed by atoms with van der Waals surface area (Å²) >= 11 is 5.85. The number of amides is 1. The van der Waals surface area contributed by atoms with Crippen LogP contribution in [0.2, 0.25) is 5.02 Å². The van der Waals surface area contributed by atoms with Gasteiger partial charge in [-0.2, -0.15) is 0 Å². The number of rotatable bonds is 8. The quantitative estimate of drug-likeness (QED) is 0.544. The summed E-state index contributed by atoms with van der Waals surface area (Å²) in [5.41, 5.74) is 0.854. The molecule has 29 heavy (non-hydrogen) atoms. The smallest absolute Gasteiger partial charge is 0.329 e. The van der Waals surface area contributed by atoms with Gasteiger partial charge >= 0.3 is 5.97 Å². The summed E-state index contributed by atoms with van der Waals surface area (Å²) in [7, 11) is 0. The Hall–Kier alpha value is -3.06. The molecule has 0 radical (unpaired) electrons. The normalized spacial score (nSPS) is 12.0. The first kappa shape index (κ1) is 20.7. The number of halogens is 1. The summed E-state index contributed by atoms with van der Waals surface area (Å²) < 4.78 is 15.8. The number of hydrogen-bond acceptors (Lipinski definition) is 6.